The number of halogens is 2. The third-order valence-electron chi connectivity index (χ3n) is 1.81. The zero-order chi connectivity index (χ0) is 11.6. The minimum absolute atomic E-state index is 0.275. The number of anilines is 1. The van der Waals surface area contributed by atoms with Crippen LogP contribution in [0.4, 0.5) is 5.82 Å². The van der Waals surface area contributed by atoms with Crippen LogP contribution in [-0.4, -0.2) is 26.7 Å². The molecule has 0 amide bonds. The van der Waals surface area contributed by atoms with Crippen LogP contribution < -0.4 is 4.31 Å². The number of rotatable bonds is 3. The quantitative estimate of drug-likeness (QED) is 0.634. The average molecular weight is 314 g/mol. The maximum atomic E-state index is 11.3. The van der Waals surface area contributed by atoms with E-state index in [9.17, 15) is 8.42 Å². The highest BCUT2D eigenvalue weighted by Crippen LogP contribution is 2.20. The van der Waals surface area contributed by atoms with Gasteiger partial charge in [-0.15, -0.1) is 0 Å². The summed E-state index contributed by atoms with van der Waals surface area (Å²) in [5.41, 5.74) is 0.875. The van der Waals surface area contributed by atoms with Gasteiger partial charge in [-0.3, -0.25) is 4.31 Å². The molecule has 1 heterocycles. The van der Waals surface area contributed by atoms with Crippen LogP contribution in [0, 0.1) is 0 Å². The summed E-state index contributed by atoms with van der Waals surface area (Å²) >= 11 is 9.04. The normalized spacial score (nSPS) is 11.5. The maximum absolute atomic E-state index is 11.3. The number of nitrogens with zero attached hydrogens (tertiary/aromatic N) is 2. The number of alkyl halides is 1. The molecule has 0 atom stereocenters. The molecule has 15 heavy (non-hydrogen) atoms. The molecule has 4 nitrogen and oxygen atoms in total. The van der Waals surface area contributed by atoms with Gasteiger partial charge < -0.3 is 0 Å². The van der Waals surface area contributed by atoms with Crippen LogP contribution in [0.25, 0.3) is 0 Å². The van der Waals surface area contributed by atoms with Crippen LogP contribution >= 0.6 is 27.5 Å². The second-order valence-electron chi connectivity index (χ2n) is 3.02. The predicted octanol–water partition coefficient (Wildman–Crippen LogP) is 2.03. The Labute approximate surface area is 102 Å². The molecule has 0 N–H and O–H groups in total. The number of aromatic nitrogens is 1. The number of hydrogen-bond donors (Lipinski definition) is 0. The lowest BCUT2D eigenvalue weighted by atomic mass is 10.3. The first-order valence-corrected chi connectivity index (χ1v) is 7.35. The molecule has 1 aromatic heterocycles. The minimum Gasteiger partial charge on any atom is -0.257 e. The number of sulfonamides is 1. The second kappa shape index (κ2) is 4.67. The van der Waals surface area contributed by atoms with Crippen molar-refractivity contribution in [3.05, 3.63) is 22.8 Å². The SMILES string of the molecule is CN(c1cc(CBr)cc(Cl)n1)S(C)(=O)=O. The summed E-state index contributed by atoms with van der Waals surface area (Å²) in [6, 6.07) is 3.34. The maximum Gasteiger partial charge on any atom is 0.233 e. The molecule has 0 aliphatic rings. The van der Waals surface area contributed by atoms with Gasteiger partial charge >= 0.3 is 0 Å². The van der Waals surface area contributed by atoms with E-state index in [0.29, 0.717) is 11.1 Å². The molecule has 1 aromatic rings. The molecule has 0 spiro atoms. The topological polar surface area (TPSA) is 50.3 Å². The van der Waals surface area contributed by atoms with Crippen molar-refractivity contribution in [1.82, 2.24) is 4.98 Å². The Balaban J connectivity index is 3.20. The summed E-state index contributed by atoms with van der Waals surface area (Å²) in [4.78, 5) is 3.94. The molecule has 1 rings (SSSR count). The highest BCUT2D eigenvalue weighted by atomic mass is 79.9. The van der Waals surface area contributed by atoms with Crippen molar-refractivity contribution in [2.45, 2.75) is 5.33 Å². The molecule has 0 saturated heterocycles. The summed E-state index contributed by atoms with van der Waals surface area (Å²) in [5.74, 6) is 0.319. The Morgan fingerprint density at radius 3 is 2.60 bits per heavy atom. The highest BCUT2D eigenvalue weighted by Gasteiger charge is 2.14. The van der Waals surface area contributed by atoms with Crippen LogP contribution in [0.15, 0.2) is 12.1 Å². The van der Waals surface area contributed by atoms with Gasteiger partial charge in [-0.2, -0.15) is 0 Å². The summed E-state index contributed by atoms with van der Waals surface area (Å²) in [6.45, 7) is 0. The van der Waals surface area contributed by atoms with Gasteiger partial charge in [0.2, 0.25) is 10.0 Å². The molecular weight excluding hydrogens is 304 g/mol. The first-order chi connectivity index (χ1) is 6.84. The van der Waals surface area contributed by atoms with E-state index in [0.717, 1.165) is 16.1 Å². The Kier molecular flexibility index (Phi) is 3.97. The second-order valence-corrected chi connectivity index (χ2v) is 5.98. The highest BCUT2D eigenvalue weighted by molar-refractivity contribution is 9.08. The fourth-order valence-corrected chi connectivity index (χ4v) is 1.93. The van der Waals surface area contributed by atoms with E-state index in [1.165, 1.54) is 7.05 Å². The van der Waals surface area contributed by atoms with Crippen molar-refractivity contribution < 1.29 is 8.42 Å². The molecule has 0 aromatic carbocycles. The zero-order valence-corrected chi connectivity index (χ0v) is 11.4. The first-order valence-electron chi connectivity index (χ1n) is 4.01. The van der Waals surface area contributed by atoms with E-state index < -0.39 is 10.0 Å². The monoisotopic (exact) mass is 312 g/mol. The Morgan fingerprint density at radius 1 is 1.53 bits per heavy atom. The predicted molar refractivity (Wildman–Crippen MR) is 65.1 cm³/mol. The summed E-state index contributed by atoms with van der Waals surface area (Å²) < 4.78 is 23.6. The van der Waals surface area contributed by atoms with Crippen LogP contribution in [0.2, 0.25) is 5.15 Å². The van der Waals surface area contributed by atoms with Crippen molar-refractivity contribution in [3.63, 3.8) is 0 Å². The Morgan fingerprint density at radius 2 is 2.13 bits per heavy atom. The van der Waals surface area contributed by atoms with Gasteiger partial charge in [-0.05, 0) is 17.7 Å². The lowest BCUT2D eigenvalue weighted by molar-refractivity contribution is 0.600. The van der Waals surface area contributed by atoms with Crippen LogP contribution in [0.1, 0.15) is 5.56 Å². The average Bonchev–Trinajstić information content (AvgIpc) is 2.14. The molecule has 0 aliphatic heterocycles. The molecule has 0 unspecified atom stereocenters. The van der Waals surface area contributed by atoms with E-state index in [4.69, 9.17) is 11.6 Å². The lowest BCUT2D eigenvalue weighted by Crippen LogP contribution is -2.25. The number of pyridine rings is 1. The van der Waals surface area contributed by atoms with Gasteiger partial charge in [-0.25, -0.2) is 13.4 Å². The van der Waals surface area contributed by atoms with E-state index in [-0.39, 0.29) is 5.15 Å². The van der Waals surface area contributed by atoms with E-state index in [1.807, 2.05) is 0 Å². The van der Waals surface area contributed by atoms with Crippen LogP contribution in [0.3, 0.4) is 0 Å². The fraction of sp³-hybridized carbons (Fsp3) is 0.375. The van der Waals surface area contributed by atoms with E-state index in [2.05, 4.69) is 20.9 Å². The molecule has 0 saturated carbocycles. The van der Waals surface area contributed by atoms with Gasteiger partial charge in [0.15, 0.2) is 0 Å². The van der Waals surface area contributed by atoms with Gasteiger partial charge in [0.1, 0.15) is 11.0 Å². The van der Waals surface area contributed by atoms with Crippen molar-refractivity contribution in [1.29, 1.82) is 0 Å². The molecule has 84 valence electrons. The van der Waals surface area contributed by atoms with Crippen molar-refractivity contribution in [2.75, 3.05) is 17.6 Å². The molecule has 7 heteroatoms. The minimum atomic E-state index is -3.30. The van der Waals surface area contributed by atoms with E-state index >= 15 is 0 Å². The summed E-state index contributed by atoms with van der Waals surface area (Å²) in [6.07, 6.45) is 1.11. The molecule has 0 aliphatic carbocycles. The molecule has 0 radical (unpaired) electrons. The lowest BCUT2D eigenvalue weighted by Gasteiger charge is -2.16. The summed E-state index contributed by atoms with van der Waals surface area (Å²) in [7, 11) is -1.86. The van der Waals surface area contributed by atoms with Gasteiger partial charge in [-0.1, -0.05) is 27.5 Å². The van der Waals surface area contributed by atoms with E-state index in [1.54, 1.807) is 12.1 Å². The Hall–Kier alpha value is -0.330. The Bertz CT molecular complexity index is 464. The van der Waals surface area contributed by atoms with Gasteiger partial charge in [0.25, 0.3) is 0 Å². The van der Waals surface area contributed by atoms with Crippen LogP contribution in [0.5, 0.6) is 0 Å². The fourth-order valence-electron chi connectivity index (χ4n) is 0.943. The summed E-state index contributed by atoms with van der Waals surface area (Å²) in [5, 5.41) is 0.872. The largest absolute Gasteiger partial charge is 0.257 e. The van der Waals surface area contributed by atoms with Crippen molar-refractivity contribution in [3.8, 4) is 0 Å². The van der Waals surface area contributed by atoms with Crippen LogP contribution in [-0.2, 0) is 15.4 Å². The van der Waals surface area contributed by atoms with Gasteiger partial charge in [0, 0.05) is 12.4 Å². The molecule has 0 fully saturated rings. The standard InChI is InChI=1S/C8H10BrClN2O2S/c1-12(15(2,13)14)8-4-6(5-9)3-7(10)11-8/h3-4H,5H2,1-2H3. The number of hydrogen-bond acceptors (Lipinski definition) is 3. The molecular formula is C8H10BrClN2O2S. The third-order valence-corrected chi connectivity index (χ3v) is 3.84. The van der Waals surface area contributed by atoms with Gasteiger partial charge in [0.05, 0.1) is 6.26 Å². The third kappa shape index (κ3) is 3.32. The zero-order valence-electron chi connectivity index (χ0n) is 8.24. The van der Waals surface area contributed by atoms with Crippen molar-refractivity contribution >= 4 is 43.4 Å². The molecule has 0 bridgehead atoms. The van der Waals surface area contributed by atoms with Crippen molar-refractivity contribution in [2.24, 2.45) is 0 Å². The first kappa shape index (κ1) is 12.7. The smallest absolute Gasteiger partial charge is 0.233 e.